The number of rotatable bonds is 9. The van der Waals surface area contributed by atoms with Crippen LogP contribution in [0.5, 0.6) is 11.5 Å². The van der Waals surface area contributed by atoms with E-state index in [0.29, 0.717) is 44.1 Å². The Bertz CT molecular complexity index is 2070. The molecule has 0 radical (unpaired) electrons. The summed E-state index contributed by atoms with van der Waals surface area (Å²) in [5, 5.41) is 1.00. The standard InChI is InChI=1S/C35H33N3O5S/c1-5-12-27-30(34(40)43-6-2)32(25-19-22(41-3)17-18-28(25)42-4)38-33(39)29(44-35(38)37-27)20-24-23-15-10-11-16-26(23)36-31(24)21-13-8-7-9-14-21/h7-11,13-20,32,36H,5-6,12H2,1-4H3/b29-20-/t32-/m1/s1. The van der Waals surface area contributed by atoms with E-state index in [-0.39, 0.29) is 12.2 Å². The second-order valence-corrected chi connectivity index (χ2v) is 11.4. The van der Waals surface area contributed by atoms with Crippen molar-refractivity contribution in [2.24, 2.45) is 4.99 Å². The molecular weight excluding hydrogens is 574 g/mol. The molecule has 0 spiro atoms. The number of nitrogens with zero attached hydrogens (tertiary/aromatic N) is 2. The number of hydrogen-bond acceptors (Lipinski definition) is 7. The lowest BCUT2D eigenvalue weighted by molar-refractivity contribution is -0.139. The second kappa shape index (κ2) is 12.4. The van der Waals surface area contributed by atoms with Gasteiger partial charge in [-0.25, -0.2) is 9.79 Å². The van der Waals surface area contributed by atoms with Crippen molar-refractivity contribution in [1.29, 1.82) is 0 Å². The Labute approximate surface area is 258 Å². The van der Waals surface area contributed by atoms with Crippen LogP contribution in [0.2, 0.25) is 0 Å². The zero-order valence-electron chi connectivity index (χ0n) is 25.0. The lowest BCUT2D eigenvalue weighted by atomic mass is 9.93. The van der Waals surface area contributed by atoms with Gasteiger partial charge in [0.25, 0.3) is 5.56 Å². The van der Waals surface area contributed by atoms with Crippen LogP contribution < -0.4 is 24.4 Å². The van der Waals surface area contributed by atoms with E-state index in [1.807, 2.05) is 73.7 Å². The minimum Gasteiger partial charge on any atom is -0.497 e. The molecule has 1 N–H and O–H groups in total. The monoisotopic (exact) mass is 607 g/mol. The summed E-state index contributed by atoms with van der Waals surface area (Å²) in [5.74, 6) is 0.589. The van der Waals surface area contributed by atoms with Crippen LogP contribution in [-0.4, -0.2) is 36.3 Å². The van der Waals surface area contributed by atoms with Crippen molar-refractivity contribution in [2.75, 3.05) is 20.8 Å². The summed E-state index contributed by atoms with van der Waals surface area (Å²) in [6, 6.07) is 22.6. The van der Waals surface area contributed by atoms with Crippen LogP contribution in [-0.2, 0) is 9.53 Å². The van der Waals surface area contributed by atoms with Crippen LogP contribution in [0.4, 0.5) is 0 Å². The Hall–Kier alpha value is -4.89. The van der Waals surface area contributed by atoms with Crippen LogP contribution in [0.1, 0.15) is 43.9 Å². The molecule has 224 valence electrons. The lowest BCUT2D eigenvalue weighted by Crippen LogP contribution is -2.40. The predicted octanol–water partition coefficient (Wildman–Crippen LogP) is 5.74. The second-order valence-electron chi connectivity index (χ2n) is 10.3. The van der Waals surface area contributed by atoms with E-state index in [1.165, 1.54) is 11.3 Å². The molecule has 9 heteroatoms. The Morgan fingerprint density at radius 3 is 2.52 bits per heavy atom. The number of thiazole rings is 1. The van der Waals surface area contributed by atoms with E-state index in [9.17, 15) is 9.59 Å². The van der Waals surface area contributed by atoms with Crippen molar-refractivity contribution in [1.82, 2.24) is 9.55 Å². The number of aromatic amines is 1. The topological polar surface area (TPSA) is 94.9 Å². The highest BCUT2D eigenvalue weighted by Crippen LogP contribution is 2.39. The first-order chi connectivity index (χ1) is 21.5. The Morgan fingerprint density at radius 1 is 1.02 bits per heavy atom. The highest BCUT2D eigenvalue weighted by atomic mass is 32.1. The Balaban J connectivity index is 1.66. The normalized spacial score (nSPS) is 14.8. The number of aromatic nitrogens is 2. The van der Waals surface area contributed by atoms with Gasteiger partial charge in [-0.3, -0.25) is 9.36 Å². The molecule has 0 fully saturated rings. The summed E-state index contributed by atoms with van der Waals surface area (Å²) in [4.78, 5) is 37.1. The molecule has 1 atom stereocenters. The van der Waals surface area contributed by atoms with Crippen molar-refractivity contribution in [2.45, 2.75) is 32.7 Å². The van der Waals surface area contributed by atoms with Gasteiger partial charge >= 0.3 is 5.97 Å². The number of nitrogens with one attached hydrogen (secondary N) is 1. The van der Waals surface area contributed by atoms with Crippen LogP contribution in [0.3, 0.4) is 0 Å². The van der Waals surface area contributed by atoms with E-state index in [4.69, 9.17) is 19.2 Å². The first-order valence-corrected chi connectivity index (χ1v) is 15.4. The van der Waals surface area contributed by atoms with Gasteiger partial charge in [0.15, 0.2) is 4.80 Å². The molecule has 3 aromatic carbocycles. The van der Waals surface area contributed by atoms with Gasteiger partial charge in [-0.05, 0) is 49.2 Å². The van der Waals surface area contributed by atoms with Crippen molar-refractivity contribution in [3.05, 3.63) is 115 Å². The maximum Gasteiger partial charge on any atom is 0.338 e. The third-order valence-corrected chi connectivity index (χ3v) is 8.69. The average molecular weight is 608 g/mol. The van der Waals surface area contributed by atoms with Gasteiger partial charge < -0.3 is 19.2 Å². The molecule has 0 amide bonds. The third kappa shape index (κ3) is 5.13. The van der Waals surface area contributed by atoms with Crippen LogP contribution in [0.25, 0.3) is 28.2 Å². The summed E-state index contributed by atoms with van der Waals surface area (Å²) >= 11 is 1.31. The molecule has 0 saturated carbocycles. The van der Waals surface area contributed by atoms with Gasteiger partial charge in [0, 0.05) is 22.0 Å². The highest BCUT2D eigenvalue weighted by Gasteiger charge is 2.36. The zero-order valence-corrected chi connectivity index (χ0v) is 25.9. The fourth-order valence-corrected chi connectivity index (χ4v) is 6.75. The van der Waals surface area contributed by atoms with Gasteiger partial charge in [0.05, 0.1) is 42.3 Å². The first-order valence-electron chi connectivity index (χ1n) is 14.6. The molecule has 6 rings (SSSR count). The van der Waals surface area contributed by atoms with E-state index in [2.05, 4.69) is 4.98 Å². The van der Waals surface area contributed by atoms with Crippen molar-refractivity contribution >= 4 is 34.3 Å². The molecular formula is C35H33N3O5S. The van der Waals surface area contributed by atoms with Crippen LogP contribution in [0.15, 0.2) is 93.9 Å². The molecule has 0 bridgehead atoms. The van der Waals surface area contributed by atoms with E-state index in [0.717, 1.165) is 34.1 Å². The molecule has 5 aromatic rings. The number of hydrogen-bond donors (Lipinski definition) is 1. The van der Waals surface area contributed by atoms with E-state index in [1.54, 1.807) is 37.8 Å². The maximum atomic E-state index is 14.5. The number of carbonyl (C=O) groups is 1. The van der Waals surface area contributed by atoms with Crippen molar-refractivity contribution in [3.8, 4) is 22.8 Å². The molecule has 3 heterocycles. The summed E-state index contributed by atoms with van der Waals surface area (Å²) in [6.07, 6.45) is 3.23. The molecule has 0 saturated heterocycles. The summed E-state index contributed by atoms with van der Waals surface area (Å²) < 4.78 is 18.9. The Morgan fingerprint density at radius 2 is 1.80 bits per heavy atom. The number of para-hydroxylation sites is 1. The van der Waals surface area contributed by atoms with Crippen LogP contribution in [0, 0.1) is 0 Å². The van der Waals surface area contributed by atoms with Gasteiger partial charge in [-0.15, -0.1) is 0 Å². The fraction of sp³-hybridized carbons (Fsp3) is 0.229. The molecule has 44 heavy (non-hydrogen) atoms. The molecule has 8 nitrogen and oxygen atoms in total. The van der Waals surface area contributed by atoms with Gasteiger partial charge in [0.1, 0.15) is 17.5 Å². The highest BCUT2D eigenvalue weighted by molar-refractivity contribution is 7.07. The molecule has 0 unspecified atom stereocenters. The third-order valence-electron chi connectivity index (χ3n) is 7.71. The smallest absolute Gasteiger partial charge is 0.338 e. The minimum absolute atomic E-state index is 0.191. The predicted molar refractivity (Wildman–Crippen MR) is 173 cm³/mol. The summed E-state index contributed by atoms with van der Waals surface area (Å²) in [5.41, 5.74) is 5.10. The lowest BCUT2D eigenvalue weighted by Gasteiger charge is -2.27. The van der Waals surface area contributed by atoms with Gasteiger partial charge in [0.2, 0.25) is 0 Å². The Kier molecular flexibility index (Phi) is 8.21. The number of H-pyrrole nitrogens is 1. The SMILES string of the molecule is CCCC1=C(C(=O)OCC)[C@@H](c2cc(OC)ccc2OC)n2c(s/c(=C\c3c(-c4ccccc4)[nH]c4ccccc34)c2=O)=N1. The number of methoxy groups -OCH3 is 2. The van der Waals surface area contributed by atoms with Gasteiger partial charge in [-0.2, -0.15) is 0 Å². The van der Waals surface area contributed by atoms with Crippen molar-refractivity contribution < 1.29 is 19.0 Å². The van der Waals surface area contributed by atoms with Crippen molar-refractivity contribution in [3.63, 3.8) is 0 Å². The summed E-state index contributed by atoms with van der Waals surface area (Å²) in [6.45, 7) is 3.99. The van der Waals surface area contributed by atoms with E-state index < -0.39 is 12.0 Å². The zero-order chi connectivity index (χ0) is 30.8. The maximum absolute atomic E-state index is 14.5. The van der Waals surface area contributed by atoms with Gasteiger partial charge in [-0.1, -0.05) is 73.2 Å². The average Bonchev–Trinajstić information content (AvgIpc) is 3.57. The first kappa shape index (κ1) is 29.2. The number of ether oxygens (including phenoxy) is 3. The quantitative estimate of drug-likeness (QED) is 0.216. The largest absolute Gasteiger partial charge is 0.497 e. The number of esters is 1. The van der Waals surface area contributed by atoms with E-state index >= 15 is 0 Å². The molecule has 1 aliphatic heterocycles. The molecule has 2 aromatic heterocycles. The number of carbonyl (C=O) groups excluding carboxylic acids is 1. The number of allylic oxidation sites excluding steroid dienone is 1. The number of benzene rings is 3. The molecule has 1 aliphatic rings. The fourth-order valence-electron chi connectivity index (χ4n) is 5.75. The number of fused-ring (bicyclic) bond motifs is 2. The summed E-state index contributed by atoms with van der Waals surface area (Å²) in [7, 11) is 3.14. The molecule has 0 aliphatic carbocycles. The van der Waals surface area contributed by atoms with Crippen LogP contribution >= 0.6 is 11.3 Å². The minimum atomic E-state index is -0.824.